The molecule has 1 saturated heterocycles. The molecule has 1 atom stereocenters. The summed E-state index contributed by atoms with van der Waals surface area (Å²) in [5, 5.41) is 10.3. The summed E-state index contributed by atoms with van der Waals surface area (Å²) in [6.45, 7) is 2.62. The van der Waals surface area contributed by atoms with Gasteiger partial charge in [-0.3, -0.25) is 0 Å². The summed E-state index contributed by atoms with van der Waals surface area (Å²) in [5.41, 5.74) is -1.01. The molecule has 0 spiro atoms. The molecule has 3 rings (SSSR count). The lowest BCUT2D eigenvalue weighted by Gasteiger charge is -2.37. The first-order chi connectivity index (χ1) is 11.3. The Labute approximate surface area is 142 Å². The lowest BCUT2D eigenvalue weighted by molar-refractivity contribution is 0.0448. The maximum atomic E-state index is 14.3. The lowest BCUT2D eigenvalue weighted by atomic mass is 9.95. The maximum absolute atomic E-state index is 14.3. The Bertz CT molecular complexity index is 815. The molecule has 2 aromatic heterocycles. The van der Waals surface area contributed by atoms with Crippen molar-refractivity contribution < 1.29 is 19.0 Å². The number of ether oxygens (including phenoxy) is 1. The average Bonchev–Trinajstić information content (AvgIpc) is 2.55. The number of halogens is 2. The maximum Gasteiger partial charge on any atom is 0.376 e. The zero-order valence-electron chi connectivity index (χ0n) is 13.2. The molecule has 128 valence electrons. The molecule has 1 N–H and O–H groups in total. The summed E-state index contributed by atoms with van der Waals surface area (Å²) < 4.78 is 19.0. The first-order valence-corrected chi connectivity index (χ1v) is 7.77. The molecule has 0 saturated carbocycles. The molecule has 0 unspecified atom stereocenters. The van der Waals surface area contributed by atoms with Gasteiger partial charge in [-0.1, -0.05) is 11.6 Å². The smallest absolute Gasteiger partial charge is 0.376 e. The molecule has 9 heteroatoms. The third-order valence-electron chi connectivity index (χ3n) is 3.96. The number of carbonyl (C=O) groups excluding carboxylic acids is 1. The van der Waals surface area contributed by atoms with Crippen molar-refractivity contribution in [3.05, 3.63) is 23.0 Å². The van der Waals surface area contributed by atoms with Gasteiger partial charge in [0.1, 0.15) is 11.3 Å². The Morgan fingerprint density at radius 2 is 2.25 bits per heavy atom. The number of pyridine rings is 1. The van der Waals surface area contributed by atoms with Gasteiger partial charge in [-0.2, -0.15) is 0 Å². The fourth-order valence-electron chi connectivity index (χ4n) is 2.84. The minimum absolute atomic E-state index is 0.106. The molecular formula is C15H16ClFN4O3. The molecule has 1 aliphatic rings. The highest BCUT2D eigenvalue weighted by Gasteiger charge is 2.31. The van der Waals surface area contributed by atoms with Crippen LogP contribution in [0.4, 0.5) is 10.2 Å². The van der Waals surface area contributed by atoms with Crippen molar-refractivity contribution >= 4 is 34.3 Å². The minimum Gasteiger partial charge on any atom is -0.463 e. The normalized spacial score (nSPS) is 21.1. The Kier molecular flexibility index (Phi) is 4.27. The SMILES string of the molecule is COC(=O)c1nc(N2CCC[C@@](C)(O)C2)c2cnc(Cl)c(F)c2n1. The topological polar surface area (TPSA) is 88.4 Å². The zero-order valence-corrected chi connectivity index (χ0v) is 14.0. The third-order valence-corrected chi connectivity index (χ3v) is 4.23. The van der Waals surface area contributed by atoms with Crippen molar-refractivity contribution in [3.8, 4) is 0 Å². The Balaban J connectivity index is 2.21. The second-order valence-electron chi connectivity index (χ2n) is 6.01. The molecule has 3 heterocycles. The van der Waals surface area contributed by atoms with Crippen molar-refractivity contribution in [3.63, 3.8) is 0 Å². The summed E-state index contributed by atoms with van der Waals surface area (Å²) in [5.74, 6) is -1.56. The summed E-state index contributed by atoms with van der Waals surface area (Å²) in [6, 6.07) is 0. The molecule has 0 amide bonds. The van der Waals surface area contributed by atoms with E-state index in [1.807, 2.05) is 0 Å². The molecular weight excluding hydrogens is 339 g/mol. The number of nitrogens with zero attached hydrogens (tertiary/aromatic N) is 4. The predicted octanol–water partition coefficient (Wildman–Crippen LogP) is 1.96. The van der Waals surface area contributed by atoms with Gasteiger partial charge >= 0.3 is 5.97 Å². The third kappa shape index (κ3) is 2.99. The summed E-state index contributed by atoms with van der Waals surface area (Å²) >= 11 is 5.72. The number of aliphatic hydroxyl groups is 1. The number of carbonyl (C=O) groups is 1. The fourth-order valence-corrected chi connectivity index (χ4v) is 2.98. The van der Waals surface area contributed by atoms with Gasteiger partial charge in [-0.25, -0.2) is 24.1 Å². The number of β-amino-alcohol motifs (C(OH)–C–C–N with tert-alkyl or cyclic N) is 1. The van der Waals surface area contributed by atoms with Gasteiger partial charge < -0.3 is 14.7 Å². The van der Waals surface area contributed by atoms with Crippen LogP contribution in [0.5, 0.6) is 0 Å². The van der Waals surface area contributed by atoms with E-state index in [9.17, 15) is 14.3 Å². The molecule has 0 radical (unpaired) electrons. The van der Waals surface area contributed by atoms with E-state index in [1.165, 1.54) is 13.3 Å². The van der Waals surface area contributed by atoms with Gasteiger partial charge in [0, 0.05) is 19.3 Å². The van der Waals surface area contributed by atoms with Crippen LogP contribution in [0.3, 0.4) is 0 Å². The van der Waals surface area contributed by atoms with Crippen molar-refractivity contribution in [2.24, 2.45) is 0 Å². The van der Waals surface area contributed by atoms with Crippen LogP contribution in [-0.2, 0) is 4.74 Å². The Hall–Kier alpha value is -2.06. The van der Waals surface area contributed by atoms with E-state index in [-0.39, 0.29) is 16.5 Å². The van der Waals surface area contributed by atoms with E-state index in [2.05, 4.69) is 19.7 Å². The molecule has 1 aliphatic heterocycles. The van der Waals surface area contributed by atoms with Gasteiger partial charge in [0.25, 0.3) is 0 Å². The number of hydrogen-bond acceptors (Lipinski definition) is 7. The van der Waals surface area contributed by atoms with Crippen LogP contribution in [0, 0.1) is 5.82 Å². The summed E-state index contributed by atoms with van der Waals surface area (Å²) in [6.07, 6.45) is 2.74. The molecule has 0 aliphatic carbocycles. The number of hydrogen-bond donors (Lipinski definition) is 1. The zero-order chi connectivity index (χ0) is 17.5. The monoisotopic (exact) mass is 354 g/mol. The van der Waals surface area contributed by atoms with Crippen molar-refractivity contribution in [2.75, 3.05) is 25.1 Å². The molecule has 0 aromatic carbocycles. The standard InChI is InChI=1S/C15H16ClFN4O3/c1-15(23)4-3-5-21(7-15)13-8-6-18-11(16)9(17)10(8)19-12(20-13)14(22)24-2/h6,23H,3-5,7H2,1-2H3/t15-/m1/s1. The van der Waals surface area contributed by atoms with Gasteiger partial charge in [0.15, 0.2) is 11.0 Å². The Morgan fingerprint density at radius 3 is 2.92 bits per heavy atom. The molecule has 24 heavy (non-hydrogen) atoms. The highest BCUT2D eigenvalue weighted by Crippen LogP contribution is 2.31. The van der Waals surface area contributed by atoms with Gasteiger partial charge in [0.05, 0.1) is 18.1 Å². The molecule has 2 aromatic rings. The van der Waals surface area contributed by atoms with E-state index < -0.39 is 17.4 Å². The van der Waals surface area contributed by atoms with Crippen LogP contribution in [0.25, 0.3) is 10.9 Å². The van der Waals surface area contributed by atoms with Gasteiger partial charge in [0.2, 0.25) is 5.82 Å². The highest BCUT2D eigenvalue weighted by atomic mass is 35.5. The van der Waals surface area contributed by atoms with Crippen LogP contribution in [-0.4, -0.2) is 51.8 Å². The number of piperidine rings is 1. The second-order valence-corrected chi connectivity index (χ2v) is 6.37. The summed E-state index contributed by atoms with van der Waals surface area (Å²) in [7, 11) is 1.19. The van der Waals surface area contributed by atoms with Crippen LogP contribution >= 0.6 is 11.6 Å². The van der Waals surface area contributed by atoms with Crippen LogP contribution in [0.1, 0.15) is 30.4 Å². The minimum atomic E-state index is -0.903. The van der Waals surface area contributed by atoms with E-state index in [4.69, 9.17) is 11.6 Å². The number of anilines is 1. The average molecular weight is 355 g/mol. The first kappa shape index (κ1) is 16.8. The highest BCUT2D eigenvalue weighted by molar-refractivity contribution is 6.30. The number of methoxy groups -OCH3 is 1. The summed E-state index contributed by atoms with van der Waals surface area (Å²) in [4.78, 5) is 25.5. The van der Waals surface area contributed by atoms with E-state index >= 15 is 0 Å². The number of rotatable bonds is 2. The number of esters is 1. The van der Waals surface area contributed by atoms with Gasteiger partial charge in [-0.15, -0.1) is 0 Å². The molecule has 1 fully saturated rings. The number of aromatic nitrogens is 3. The largest absolute Gasteiger partial charge is 0.463 e. The lowest BCUT2D eigenvalue weighted by Crippen LogP contribution is -2.46. The molecule has 7 nitrogen and oxygen atoms in total. The van der Waals surface area contributed by atoms with Crippen LogP contribution < -0.4 is 4.90 Å². The van der Waals surface area contributed by atoms with Gasteiger partial charge in [-0.05, 0) is 19.8 Å². The van der Waals surface area contributed by atoms with E-state index in [0.29, 0.717) is 30.7 Å². The predicted molar refractivity (Wildman–Crippen MR) is 85.7 cm³/mol. The van der Waals surface area contributed by atoms with E-state index in [1.54, 1.807) is 11.8 Å². The Morgan fingerprint density at radius 1 is 1.50 bits per heavy atom. The van der Waals surface area contributed by atoms with Crippen molar-refractivity contribution in [1.29, 1.82) is 0 Å². The van der Waals surface area contributed by atoms with Crippen molar-refractivity contribution in [2.45, 2.75) is 25.4 Å². The van der Waals surface area contributed by atoms with Crippen LogP contribution in [0.2, 0.25) is 5.15 Å². The quantitative estimate of drug-likeness (QED) is 0.651. The van der Waals surface area contributed by atoms with Crippen LogP contribution in [0.15, 0.2) is 6.20 Å². The first-order valence-electron chi connectivity index (χ1n) is 7.40. The number of fused-ring (bicyclic) bond motifs is 1. The fraction of sp³-hybridized carbons (Fsp3) is 0.467. The van der Waals surface area contributed by atoms with Crippen molar-refractivity contribution in [1.82, 2.24) is 15.0 Å². The second kappa shape index (κ2) is 6.10. The van der Waals surface area contributed by atoms with E-state index in [0.717, 1.165) is 6.42 Å². The molecule has 0 bridgehead atoms.